The van der Waals surface area contributed by atoms with Gasteiger partial charge in [-0.1, -0.05) is 277 Å². The fourth-order valence-corrected chi connectivity index (χ4v) is 8.06. The molecule has 0 aliphatic heterocycles. The molecule has 0 rings (SSSR count). The van der Waals surface area contributed by atoms with Crippen LogP contribution in [0.4, 0.5) is 0 Å². The number of aliphatic hydroxyl groups is 2. The zero-order valence-corrected chi connectivity index (χ0v) is 43.4. The lowest BCUT2D eigenvalue weighted by Crippen LogP contribution is -2.45. The maximum Gasteiger partial charge on any atom is 0.220 e. The average molecular weight is 915 g/mol. The number of carbonyl (C=O) groups excluding carboxylic acids is 1. The molecule has 0 aromatic rings. The van der Waals surface area contributed by atoms with Crippen molar-refractivity contribution in [3.63, 3.8) is 0 Å². The van der Waals surface area contributed by atoms with Crippen LogP contribution < -0.4 is 5.32 Å². The maximum atomic E-state index is 12.5. The van der Waals surface area contributed by atoms with Crippen LogP contribution in [-0.4, -0.2) is 34.9 Å². The Bertz CT molecular complexity index is 1270. The molecule has 0 aromatic carbocycles. The first-order valence-corrected chi connectivity index (χ1v) is 28.1. The molecule has 66 heavy (non-hydrogen) atoms. The van der Waals surface area contributed by atoms with E-state index < -0.39 is 12.1 Å². The van der Waals surface area contributed by atoms with Crippen molar-refractivity contribution in [1.29, 1.82) is 0 Å². The zero-order chi connectivity index (χ0) is 47.7. The number of unbranched alkanes of at least 4 members (excludes halogenated alkanes) is 25. The Kier molecular flexibility index (Phi) is 53.9. The summed E-state index contributed by atoms with van der Waals surface area (Å²) in [4.78, 5) is 12.5. The summed E-state index contributed by atoms with van der Waals surface area (Å²) in [5.74, 6) is -0.0652. The number of rotatable bonds is 50. The van der Waals surface area contributed by atoms with Crippen LogP contribution in [0.2, 0.25) is 0 Å². The predicted octanol–water partition coefficient (Wildman–Crippen LogP) is 18.7. The Balaban J connectivity index is 3.63. The molecular weight excluding hydrogens is 807 g/mol. The average Bonchev–Trinajstić information content (AvgIpc) is 3.32. The summed E-state index contributed by atoms with van der Waals surface area (Å²) in [7, 11) is 0. The maximum absolute atomic E-state index is 12.5. The molecule has 4 heteroatoms. The Morgan fingerprint density at radius 1 is 0.379 bits per heavy atom. The van der Waals surface area contributed by atoms with E-state index in [1.54, 1.807) is 0 Å². The number of aliphatic hydroxyl groups excluding tert-OH is 2. The summed E-state index contributed by atoms with van der Waals surface area (Å²) in [6, 6.07) is -0.564. The second-order valence-electron chi connectivity index (χ2n) is 18.6. The van der Waals surface area contributed by atoms with E-state index in [4.69, 9.17) is 0 Å². The third-order valence-electron chi connectivity index (χ3n) is 12.3. The van der Waals surface area contributed by atoms with Gasteiger partial charge < -0.3 is 15.5 Å². The van der Waals surface area contributed by atoms with Gasteiger partial charge in [-0.2, -0.15) is 0 Å². The number of nitrogens with one attached hydrogen (secondary N) is 1. The zero-order valence-electron chi connectivity index (χ0n) is 43.4. The SMILES string of the molecule is CC/C=C\C/C=C\C/C=C\C/C=C\C/C=C\C/C=C\C/C=C\C/C=C\C/C=C\CCCCCC(=O)NC(CO)C(O)CCCCCCCCCCCCCCCCCCCCCCCCC. The van der Waals surface area contributed by atoms with E-state index in [9.17, 15) is 15.0 Å². The van der Waals surface area contributed by atoms with Gasteiger partial charge in [0, 0.05) is 6.42 Å². The molecular formula is C62H107NO3. The van der Waals surface area contributed by atoms with Crippen LogP contribution in [0.25, 0.3) is 0 Å². The van der Waals surface area contributed by atoms with E-state index in [0.717, 1.165) is 96.3 Å². The Hall–Kier alpha value is -2.95. The molecule has 3 N–H and O–H groups in total. The second-order valence-corrected chi connectivity index (χ2v) is 18.6. The van der Waals surface area contributed by atoms with Gasteiger partial charge in [0.25, 0.3) is 0 Å². The smallest absolute Gasteiger partial charge is 0.220 e. The highest BCUT2D eigenvalue weighted by Gasteiger charge is 2.20. The lowest BCUT2D eigenvalue weighted by Gasteiger charge is -2.22. The summed E-state index contributed by atoms with van der Waals surface area (Å²) in [5.41, 5.74) is 0. The Morgan fingerprint density at radius 3 is 0.985 bits per heavy atom. The Labute approximate surface area is 410 Å². The minimum Gasteiger partial charge on any atom is -0.394 e. The topological polar surface area (TPSA) is 69.6 Å². The molecule has 0 aliphatic rings. The van der Waals surface area contributed by atoms with Crippen LogP contribution in [0.1, 0.15) is 258 Å². The quantitative estimate of drug-likeness (QED) is 0.0421. The number of hydrogen-bond acceptors (Lipinski definition) is 3. The molecule has 1 amide bonds. The molecule has 378 valence electrons. The number of amides is 1. The Morgan fingerprint density at radius 2 is 0.667 bits per heavy atom. The van der Waals surface area contributed by atoms with Crippen LogP contribution in [0.15, 0.2) is 109 Å². The van der Waals surface area contributed by atoms with Crippen molar-refractivity contribution in [3.05, 3.63) is 109 Å². The van der Waals surface area contributed by atoms with E-state index >= 15 is 0 Å². The molecule has 2 atom stereocenters. The first-order valence-electron chi connectivity index (χ1n) is 28.1. The molecule has 0 fully saturated rings. The van der Waals surface area contributed by atoms with Gasteiger partial charge in [0.05, 0.1) is 18.8 Å². The molecule has 4 nitrogen and oxygen atoms in total. The molecule has 0 spiro atoms. The fraction of sp³-hybridized carbons (Fsp3) is 0.694. The van der Waals surface area contributed by atoms with Gasteiger partial charge in [-0.3, -0.25) is 4.79 Å². The van der Waals surface area contributed by atoms with Crippen LogP contribution in [0.3, 0.4) is 0 Å². The third-order valence-corrected chi connectivity index (χ3v) is 12.3. The molecule has 0 saturated heterocycles. The van der Waals surface area contributed by atoms with Crippen molar-refractivity contribution in [2.75, 3.05) is 6.61 Å². The highest BCUT2D eigenvalue weighted by atomic mass is 16.3. The van der Waals surface area contributed by atoms with Crippen molar-refractivity contribution < 1.29 is 15.0 Å². The summed E-state index contributed by atoms with van der Waals surface area (Å²) in [6.45, 7) is 4.24. The van der Waals surface area contributed by atoms with Crippen molar-refractivity contribution in [2.45, 2.75) is 270 Å². The normalized spacial score (nSPS) is 13.7. The van der Waals surface area contributed by atoms with Gasteiger partial charge in [0.1, 0.15) is 0 Å². The minimum atomic E-state index is -0.683. The minimum absolute atomic E-state index is 0.0652. The van der Waals surface area contributed by atoms with Gasteiger partial charge in [-0.25, -0.2) is 0 Å². The van der Waals surface area contributed by atoms with E-state index in [1.165, 1.54) is 135 Å². The van der Waals surface area contributed by atoms with Crippen molar-refractivity contribution >= 4 is 5.91 Å². The van der Waals surface area contributed by atoms with E-state index in [0.29, 0.717) is 12.8 Å². The summed E-state index contributed by atoms with van der Waals surface area (Å²) in [5, 5.41) is 23.3. The molecule has 0 aliphatic carbocycles. The molecule has 0 heterocycles. The standard InChI is InChI=1S/C62H107NO3/c1-3-5-7-9-11-13-15-17-19-21-23-25-27-28-29-30-31-32-33-34-36-38-40-42-44-46-48-50-52-54-56-58-62(66)63-60(59-64)61(65)57-55-53-51-49-47-45-43-41-39-37-35-26-24-22-20-18-16-14-12-10-8-6-4-2/h5,7,11,13,17,19,23,25,28-29,31-32,34,36,40,42,46,48,60-61,64-65H,3-4,6,8-10,12,14-16,18,20-22,24,26-27,30,33,35,37-39,41,43-45,47,49-59H2,1-2H3,(H,63,66)/b7-5-,13-11-,19-17-,25-23-,29-28-,32-31-,36-34-,42-40-,48-46-. The first-order chi connectivity index (χ1) is 32.7. The van der Waals surface area contributed by atoms with E-state index in [1.807, 2.05) is 0 Å². The van der Waals surface area contributed by atoms with Gasteiger partial charge in [-0.15, -0.1) is 0 Å². The monoisotopic (exact) mass is 914 g/mol. The molecule has 0 aromatic heterocycles. The molecule has 0 bridgehead atoms. The third kappa shape index (κ3) is 52.0. The van der Waals surface area contributed by atoms with Gasteiger partial charge in [0.15, 0.2) is 0 Å². The number of allylic oxidation sites excluding steroid dienone is 18. The van der Waals surface area contributed by atoms with Gasteiger partial charge >= 0.3 is 0 Å². The molecule has 0 radical (unpaired) electrons. The van der Waals surface area contributed by atoms with Crippen LogP contribution in [0, 0.1) is 0 Å². The van der Waals surface area contributed by atoms with E-state index in [2.05, 4.69) is 129 Å². The molecule has 2 unspecified atom stereocenters. The van der Waals surface area contributed by atoms with Crippen LogP contribution in [-0.2, 0) is 4.79 Å². The van der Waals surface area contributed by atoms with Crippen molar-refractivity contribution in [3.8, 4) is 0 Å². The lowest BCUT2D eigenvalue weighted by molar-refractivity contribution is -0.123. The van der Waals surface area contributed by atoms with Crippen LogP contribution >= 0.6 is 0 Å². The number of carbonyl (C=O) groups is 1. The lowest BCUT2D eigenvalue weighted by atomic mass is 10.0. The predicted molar refractivity (Wildman–Crippen MR) is 294 cm³/mol. The van der Waals surface area contributed by atoms with Crippen LogP contribution in [0.5, 0.6) is 0 Å². The second kappa shape index (κ2) is 56.4. The summed E-state index contributed by atoms with van der Waals surface area (Å²) >= 11 is 0. The highest BCUT2D eigenvalue weighted by molar-refractivity contribution is 5.76. The molecule has 0 saturated carbocycles. The van der Waals surface area contributed by atoms with Gasteiger partial charge in [-0.05, 0) is 83.5 Å². The van der Waals surface area contributed by atoms with E-state index in [-0.39, 0.29) is 12.5 Å². The van der Waals surface area contributed by atoms with Crippen molar-refractivity contribution in [2.24, 2.45) is 0 Å². The first kappa shape index (κ1) is 63.0. The number of hydrogen-bond donors (Lipinski definition) is 3. The fourth-order valence-electron chi connectivity index (χ4n) is 8.06. The van der Waals surface area contributed by atoms with Gasteiger partial charge in [0.2, 0.25) is 5.91 Å². The largest absolute Gasteiger partial charge is 0.394 e. The summed E-state index contributed by atoms with van der Waals surface area (Å²) in [6.07, 6.45) is 84.9. The highest BCUT2D eigenvalue weighted by Crippen LogP contribution is 2.16. The van der Waals surface area contributed by atoms with Crippen molar-refractivity contribution in [1.82, 2.24) is 5.32 Å². The summed E-state index contributed by atoms with van der Waals surface area (Å²) < 4.78 is 0.